The number of amides is 1. The van der Waals surface area contributed by atoms with Gasteiger partial charge >= 0.3 is 0 Å². The molecule has 1 amide bonds. The van der Waals surface area contributed by atoms with Crippen LogP contribution >= 0.6 is 0 Å². The van der Waals surface area contributed by atoms with Crippen LogP contribution < -0.4 is 0 Å². The van der Waals surface area contributed by atoms with Crippen LogP contribution in [0, 0.1) is 5.41 Å². The number of benzene rings is 1. The second kappa shape index (κ2) is 6.47. The molecule has 1 aromatic heterocycles. The number of hydrogen-bond donors (Lipinski definition) is 1. The molecule has 1 heterocycles. The average Bonchev–Trinajstić information content (AvgIpc) is 2.96. The molecule has 0 unspecified atom stereocenters. The van der Waals surface area contributed by atoms with E-state index >= 15 is 0 Å². The summed E-state index contributed by atoms with van der Waals surface area (Å²) in [6.07, 6.45) is 0.588. The smallest absolute Gasteiger partial charge is 0.253 e. The third-order valence-corrected chi connectivity index (χ3v) is 2.97. The first-order valence-corrected chi connectivity index (χ1v) is 7.02. The van der Waals surface area contributed by atoms with E-state index in [9.17, 15) is 4.79 Å². The highest BCUT2D eigenvalue weighted by Gasteiger charge is 2.22. The molecule has 0 aliphatic heterocycles. The van der Waals surface area contributed by atoms with Crippen LogP contribution in [0.15, 0.2) is 30.3 Å². The number of aromatic nitrogens is 4. The number of hydrogen-bond acceptors (Lipinski definition) is 4. The van der Waals surface area contributed by atoms with Crippen molar-refractivity contribution in [2.45, 2.75) is 27.2 Å². The van der Waals surface area contributed by atoms with Crippen molar-refractivity contribution in [1.29, 1.82) is 0 Å². The number of nitrogens with zero attached hydrogens (tertiary/aromatic N) is 4. The molecule has 2 rings (SSSR count). The first-order chi connectivity index (χ1) is 9.96. The predicted molar refractivity (Wildman–Crippen MR) is 79.7 cm³/mol. The number of carbonyl (C=O) groups is 1. The van der Waals surface area contributed by atoms with E-state index in [0.717, 1.165) is 0 Å². The highest BCUT2D eigenvalue weighted by molar-refractivity contribution is 5.94. The number of nitrogens with one attached hydrogen (secondary N) is 1. The third-order valence-electron chi connectivity index (χ3n) is 2.97. The number of carbonyl (C=O) groups excluding carboxylic acids is 1. The summed E-state index contributed by atoms with van der Waals surface area (Å²) < 4.78 is 0. The summed E-state index contributed by atoms with van der Waals surface area (Å²) in [4.78, 5) is 14.5. The van der Waals surface area contributed by atoms with E-state index < -0.39 is 0 Å². The average molecular weight is 287 g/mol. The van der Waals surface area contributed by atoms with Gasteiger partial charge in [0.25, 0.3) is 5.91 Å². The van der Waals surface area contributed by atoms with E-state index in [4.69, 9.17) is 0 Å². The van der Waals surface area contributed by atoms with Gasteiger partial charge in [0.1, 0.15) is 0 Å². The van der Waals surface area contributed by atoms with Gasteiger partial charge in [-0.2, -0.15) is 5.21 Å². The molecular weight excluding hydrogens is 266 g/mol. The van der Waals surface area contributed by atoms with Crippen LogP contribution in [0.4, 0.5) is 0 Å². The van der Waals surface area contributed by atoms with Crippen molar-refractivity contribution in [3.05, 3.63) is 41.7 Å². The van der Waals surface area contributed by atoms with Gasteiger partial charge in [-0.15, -0.1) is 10.2 Å². The molecule has 0 saturated heterocycles. The molecule has 1 aromatic carbocycles. The van der Waals surface area contributed by atoms with Crippen molar-refractivity contribution in [3.63, 3.8) is 0 Å². The standard InChI is InChI=1S/C15H21N5O/c1-15(2,3)11-20(10-9-13-16-18-19-17-13)14(21)12-7-5-4-6-8-12/h4-8H,9-11H2,1-3H3,(H,16,17,18,19). The van der Waals surface area contributed by atoms with Gasteiger partial charge in [0.15, 0.2) is 5.82 Å². The molecule has 21 heavy (non-hydrogen) atoms. The van der Waals surface area contributed by atoms with E-state index in [1.54, 1.807) is 0 Å². The topological polar surface area (TPSA) is 74.8 Å². The second-order valence-electron chi connectivity index (χ2n) is 6.23. The minimum Gasteiger partial charge on any atom is -0.338 e. The quantitative estimate of drug-likeness (QED) is 0.911. The summed E-state index contributed by atoms with van der Waals surface area (Å²) in [6.45, 7) is 7.61. The lowest BCUT2D eigenvalue weighted by molar-refractivity contribution is 0.0697. The fourth-order valence-electron chi connectivity index (χ4n) is 2.11. The molecule has 6 heteroatoms. The zero-order chi connectivity index (χ0) is 15.3. The molecule has 2 aromatic rings. The first-order valence-electron chi connectivity index (χ1n) is 7.02. The summed E-state index contributed by atoms with van der Waals surface area (Å²) in [5, 5.41) is 13.8. The zero-order valence-corrected chi connectivity index (χ0v) is 12.7. The van der Waals surface area contributed by atoms with Crippen LogP contribution in [-0.2, 0) is 6.42 Å². The Balaban J connectivity index is 2.09. The van der Waals surface area contributed by atoms with Crippen LogP contribution in [0.3, 0.4) is 0 Å². The molecule has 0 fully saturated rings. The predicted octanol–water partition coefficient (Wildman–Crippen LogP) is 1.93. The Kier molecular flexibility index (Phi) is 4.67. The van der Waals surface area contributed by atoms with Gasteiger partial charge in [0, 0.05) is 25.1 Å². The van der Waals surface area contributed by atoms with E-state index in [0.29, 0.717) is 30.9 Å². The maximum atomic E-state index is 12.6. The molecule has 0 atom stereocenters. The number of H-pyrrole nitrogens is 1. The van der Waals surface area contributed by atoms with Crippen LogP contribution in [-0.4, -0.2) is 44.5 Å². The van der Waals surface area contributed by atoms with Gasteiger partial charge in [-0.25, -0.2) is 0 Å². The minimum atomic E-state index is 0.0295. The Bertz CT molecular complexity index is 560. The van der Waals surface area contributed by atoms with Crippen molar-refractivity contribution in [1.82, 2.24) is 25.5 Å². The molecule has 0 saturated carbocycles. The maximum absolute atomic E-state index is 12.6. The SMILES string of the molecule is CC(C)(C)CN(CCc1nn[nH]n1)C(=O)c1ccccc1. The van der Waals surface area contributed by atoms with Crippen LogP contribution in [0.2, 0.25) is 0 Å². The van der Waals surface area contributed by atoms with Crippen molar-refractivity contribution in [2.75, 3.05) is 13.1 Å². The Morgan fingerprint density at radius 2 is 1.95 bits per heavy atom. The van der Waals surface area contributed by atoms with Gasteiger partial charge < -0.3 is 4.90 Å². The Morgan fingerprint density at radius 1 is 1.24 bits per heavy atom. The van der Waals surface area contributed by atoms with Crippen molar-refractivity contribution < 1.29 is 4.79 Å². The van der Waals surface area contributed by atoms with Gasteiger partial charge in [-0.05, 0) is 17.5 Å². The van der Waals surface area contributed by atoms with Crippen molar-refractivity contribution >= 4 is 5.91 Å². The Hall–Kier alpha value is -2.24. The van der Waals surface area contributed by atoms with Gasteiger partial charge in [0.2, 0.25) is 0 Å². The van der Waals surface area contributed by atoms with E-state index in [1.165, 1.54) is 0 Å². The first kappa shape index (κ1) is 15.2. The van der Waals surface area contributed by atoms with E-state index in [1.807, 2.05) is 35.2 Å². The third kappa shape index (κ3) is 4.66. The fourth-order valence-corrected chi connectivity index (χ4v) is 2.11. The molecule has 0 spiro atoms. The molecular formula is C15H21N5O. The maximum Gasteiger partial charge on any atom is 0.253 e. The number of tetrazole rings is 1. The summed E-state index contributed by atoms with van der Waals surface area (Å²) in [6, 6.07) is 9.34. The molecule has 1 N–H and O–H groups in total. The number of rotatable bonds is 5. The van der Waals surface area contributed by atoms with E-state index in [-0.39, 0.29) is 11.3 Å². The molecule has 112 valence electrons. The lowest BCUT2D eigenvalue weighted by atomic mass is 9.95. The van der Waals surface area contributed by atoms with Crippen LogP contribution in [0.5, 0.6) is 0 Å². The van der Waals surface area contributed by atoms with Gasteiger partial charge in [-0.1, -0.05) is 44.2 Å². The summed E-state index contributed by atoms with van der Waals surface area (Å²) in [5.41, 5.74) is 0.733. The van der Waals surface area contributed by atoms with Gasteiger partial charge in [-0.3, -0.25) is 4.79 Å². The summed E-state index contributed by atoms with van der Waals surface area (Å²) in [5.74, 6) is 0.656. The molecule has 0 radical (unpaired) electrons. The van der Waals surface area contributed by atoms with Crippen LogP contribution in [0.1, 0.15) is 37.0 Å². The summed E-state index contributed by atoms with van der Waals surface area (Å²) in [7, 11) is 0. The lowest BCUT2D eigenvalue weighted by Crippen LogP contribution is -2.39. The normalized spacial score (nSPS) is 11.4. The molecule has 0 bridgehead atoms. The van der Waals surface area contributed by atoms with Crippen molar-refractivity contribution in [2.24, 2.45) is 5.41 Å². The van der Waals surface area contributed by atoms with Crippen molar-refractivity contribution in [3.8, 4) is 0 Å². The lowest BCUT2D eigenvalue weighted by Gasteiger charge is -2.30. The molecule has 0 aliphatic carbocycles. The number of aromatic amines is 1. The largest absolute Gasteiger partial charge is 0.338 e. The fraction of sp³-hybridized carbons (Fsp3) is 0.467. The Labute approximate surface area is 124 Å². The highest BCUT2D eigenvalue weighted by Crippen LogP contribution is 2.17. The Morgan fingerprint density at radius 3 is 2.52 bits per heavy atom. The molecule has 0 aliphatic rings. The highest BCUT2D eigenvalue weighted by atomic mass is 16.2. The molecule has 6 nitrogen and oxygen atoms in total. The minimum absolute atomic E-state index is 0.0295. The monoisotopic (exact) mass is 287 g/mol. The summed E-state index contributed by atoms with van der Waals surface area (Å²) >= 11 is 0. The van der Waals surface area contributed by atoms with Gasteiger partial charge in [0.05, 0.1) is 0 Å². The van der Waals surface area contributed by atoms with E-state index in [2.05, 4.69) is 41.4 Å². The zero-order valence-electron chi connectivity index (χ0n) is 12.7. The van der Waals surface area contributed by atoms with Crippen LogP contribution in [0.25, 0.3) is 0 Å². The second-order valence-corrected chi connectivity index (χ2v) is 6.23.